The molecule has 3 aromatic carbocycles. The fraction of sp³-hybridized carbons (Fsp3) is 0.0526. The van der Waals surface area contributed by atoms with E-state index in [1.165, 1.54) is 0 Å². The van der Waals surface area contributed by atoms with Gasteiger partial charge < -0.3 is 10.1 Å². The number of para-hydroxylation sites is 1. The van der Waals surface area contributed by atoms with Crippen LogP contribution < -0.4 is 0 Å². The van der Waals surface area contributed by atoms with Gasteiger partial charge in [-0.25, -0.2) is 0 Å². The minimum absolute atomic E-state index is 0.339. The van der Waals surface area contributed by atoms with Crippen molar-refractivity contribution in [1.82, 2.24) is 4.98 Å². The Morgan fingerprint density at radius 3 is 2.38 bits per heavy atom. The van der Waals surface area contributed by atoms with Crippen molar-refractivity contribution >= 4 is 21.8 Å². The van der Waals surface area contributed by atoms with Crippen LogP contribution in [0.1, 0.15) is 5.56 Å². The predicted octanol–water partition coefficient (Wildman–Crippen LogP) is 5.00. The lowest BCUT2D eigenvalue weighted by Gasteiger charge is -2.10. The Bertz CT molecular complexity index is 952. The summed E-state index contributed by atoms with van der Waals surface area (Å²) < 4.78 is 0. The number of nitrogens with one attached hydrogen (secondary N) is 1. The van der Waals surface area contributed by atoms with Gasteiger partial charge in [0.2, 0.25) is 0 Å². The van der Waals surface area contributed by atoms with Crippen LogP contribution in [0.15, 0.2) is 60.7 Å². The highest BCUT2D eigenvalue weighted by molar-refractivity contribution is 6.13. The summed E-state index contributed by atoms with van der Waals surface area (Å²) in [6.07, 6.45) is 0. The normalized spacial score (nSPS) is 11.3. The number of phenols is 1. The number of phenolic OH excluding ortho intramolecular Hbond substituents is 1. The first-order valence-electron chi connectivity index (χ1n) is 7.04. The Labute approximate surface area is 122 Å². The fourth-order valence-corrected chi connectivity index (χ4v) is 3.04. The van der Waals surface area contributed by atoms with Crippen molar-refractivity contribution in [3.8, 4) is 16.9 Å². The van der Waals surface area contributed by atoms with E-state index in [0.717, 1.165) is 38.5 Å². The number of H-pyrrole nitrogens is 1. The molecular weight excluding hydrogens is 258 g/mol. The largest absolute Gasteiger partial charge is 0.508 e. The van der Waals surface area contributed by atoms with E-state index in [1.807, 2.05) is 43.3 Å². The molecule has 0 atom stereocenters. The van der Waals surface area contributed by atoms with Crippen molar-refractivity contribution in [2.45, 2.75) is 6.92 Å². The van der Waals surface area contributed by atoms with E-state index in [9.17, 15) is 5.11 Å². The van der Waals surface area contributed by atoms with Gasteiger partial charge in [0.15, 0.2) is 0 Å². The average Bonchev–Trinajstić information content (AvgIpc) is 2.87. The Morgan fingerprint density at radius 2 is 1.57 bits per heavy atom. The molecule has 0 aliphatic heterocycles. The molecule has 21 heavy (non-hydrogen) atoms. The maximum atomic E-state index is 10.3. The van der Waals surface area contributed by atoms with Crippen LogP contribution in [0.5, 0.6) is 5.75 Å². The van der Waals surface area contributed by atoms with E-state index in [0.29, 0.717) is 5.75 Å². The predicted molar refractivity (Wildman–Crippen MR) is 87.6 cm³/mol. The highest BCUT2D eigenvalue weighted by atomic mass is 16.3. The molecule has 1 aromatic heterocycles. The Hall–Kier alpha value is -2.74. The number of benzene rings is 3. The van der Waals surface area contributed by atoms with Crippen molar-refractivity contribution in [3.63, 3.8) is 0 Å². The van der Waals surface area contributed by atoms with Crippen LogP contribution in [-0.2, 0) is 0 Å². The number of aromatic hydroxyl groups is 1. The molecule has 2 nitrogen and oxygen atoms in total. The summed E-state index contributed by atoms with van der Waals surface area (Å²) in [5.41, 5.74) is 5.26. The van der Waals surface area contributed by atoms with Crippen LogP contribution >= 0.6 is 0 Å². The molecule has 0 amide bonds. The first-order chi connectivity index (χ1) is 10.3. The van der Waals surface area contributed by atoms with E-state index >= 15 is 0 Å². The summed E-state index contributed by atoms with van der Waals surface area (Å²) in [4.78, 5) is 3.50. The Morgan fingerprint density at radius 1 is 0.857 bits per heavy atom. The third kappa shape index (κ3) is 1.73. The molecule has 0 saturated heterocycles. The molecule has 4 rings (SSSR count). The lowest BCUT2D eigenvalue weighted by Crippen LogP contribution is -1.86. The lowest BCUT2D eigenvalue weighted by molar-refractivity contribution is 0.472. The molecule has 0 bridgehead atoms. The molecular formula is C19H15NO. The van der Waals surface area contributed by atoms with E-state index in [-0.39, 0.29) is 0 Å². The Balaban J connectivity index is 2.21. The maximum absolute atomic E-state index is 10.3. The minimum atomic E-state index is 0.339. The first kappa shape index (κ1) is 12.0. The minimum Gasteiger partial charge on any atom is -0.508 e. The molecule has 102 valence electrons. The van der Waals surface area contributed by atoms with Gasteiger partial charge in [-0.2, -0.15) is 0 Å². The fourth-order valence-electron chi connectivity index (χ4n) is 3.04. The topological polar surface area (TPSA) is 36.0 Å². The van der Waals surface area contributed by atoms with Gasteiger partial charge in [0.1, 0.15) is 5.75 Å². The van der Waals surface area contributed by atoms with Crippen LogP contribution in [0.4, 0.5) is 0 Å². The van der Waals surface area contributed by atoms with Crippen molar-refractivity contribution in [2.75, 3.05) is 0 Å². The SMILES string of the molecule is Cc1c(O)cc2c([nH]c3ccccc32)c1-c1ccccc1. The third-order valence-corrected chi connectivity index (χ3v) is 4.10. The molecule has 0 radical (unpaired) electrons. The molecule has 0 aliphatic carbocycles. The van der Waals surface area contributed by atoms with Crippen LogP contribution in [0.25, 0.3) is 32.9 Å². The van der Waals surface area contributed by atoms with Crippen molar-refractivity contribution in [3.05, 3.63) is 66.2 Å². The molecule has 1 heterocycles. The van der Waals surface area contributed by atoms with Gasteiger partial charge >= 0.3 is 0 Å². The van der Waals surface area contributed by atoms with Crippen molar-refractivity contribution in [2.24, 2.45) is 0 Å². The van der Waals surface area contributed by atoms with Crippen LogP contribution in [0, 0.1) is 6.92 Å². The zero-order chi connectivity index (χ0) is 14.4. The zero-order valence-corrected chi connectivity index (χ0v) is 11.7. The second-order valence-corrected chi connectivity index (χ2v) is 5.35. The molecule has 0 unspecified atom stereocenters. The monoisotopic (exact) mass is 273 g/mol. The van der Waals surface area contributed by atoms with E-state index in [2.05, 4.69) is 29.2 Å². The van der Waals surface area contributed by atoms with Crippen LogP contribution in [0.3, 0.4) is 0 Å². The lowest BCUT2D eigenvalue weighted by atomic mass is 9.96. The van der Waals surface area contributed by atoms with Gasteiger partial charge in [-0.05, 0) is 24.6 Å². The number of hydrogen-bond acceptors (Lipinski definition) is 1. The summed E-state index contributed by atoms with van der Waals surface area (Å²) in [5.74, 6) is 0.339. The van der Waals surface area contributed by atoms with E-state index in [4.69, 9.17) is 0 Å². The smallest absolute Gasteiger partial charge is 0.119 e. The zero-order valence-electron chi connectivity index (χ0n) is 11.7. The molecule has 2 N–H and O–H groups in total. The number of fused-ring (bicyclic) bond motifs is 3. The number of aromatic amines is 1. The first-order valence-corrected chi connectivity index (χ1v) is 7.04. The van der Waals surface area contributed by atoms with E-state index < -0.39 is 0 Å². The van der Waals surface area contributed by atoms with Crippen molar-refractivity contribution in [1.29, 1.82) is 0 Å². The summed E-state index contributed by atoms with van der Waals surface area (Å²) in [5, 5.41) is 12.5. The van der Waals surface area contributed by atoms with Gasteiger partial charge in [0.05, 0.1) is 5.52 Å². The van der Waals surface area contributed by atoms with Gasteiger partial charge in [-0.1, -0.05) is 48.5 Å². The summed E-state index contributed by atoms with van der Waals surface area (Å²) in [7, 11) is 0. The van der Waals surface area contributed by atoms with Gasteiger partial charge in [0.25, 0.3) is 0 Å². The molecule has 0 fully saturated rings. The summed E-state index contributed by atoms with van der Waals surface area (Å²) in [6, 6.07) is 20.2. The average molecular weight is 273 g/mol. The summed E-state index contributed by atoms with van der Waals surface area (Å²) in [6.45, 7) is 1.96. The van der Waals surface area contributed by atoms with Gasteiger partial charge in [-0.3, -0.25) is 0 Å². The number of aromatic nitrogens is 1. The van der Waals surface area contributed by atoms with Gasteiger partial charge in [-0.15, -0.1) is 0 Å². The van der Waals surface area contributed by atoms with E-state index in [1.54, 1.807) is 0 Å². The molecule has 2 heteroatoms. The number of rotatable bonds is 1. The van der Waals surface area contributed by atoms with Crippen LogP contribution in [0.2, 0.25) is 0 Å². The molecule has 4 aromatic rings. The standard InChI is InChI=1S/C19H15NO/c1-12-17(21)11-15-14-9-5-6-10-16(14)20-19(15)18(12)13-7-3-2-4-8-13/h2-11,20-21H,1H3. The van der Waals surface area contributed by atoms with Gasteiger partial charge in [0, 0.05) is 27.4 Å². The van der Waals surface area contributed by atoms with Crippen LogP contribution in [-0.4, -0.2) is 10.1 Å². The third-order valence-electron chi connectivity index (χ3n) is 4.10. The maximum Gasteiger partial charge on any atom is 0.119 e. The second-order valence-electron chi connectivity index (χ2n) is 5.35. The molecule has 0 spiro atoms. The highest BCUT2D eigenvalue weighted by Crippen LogP contribution is 2.39. The summed E-state index contributed by atoms with van der Waals surface area (Å²) >= 11 is 0. The highest BCUT2D eigenvalue weighted by Gasteiger charge is 2.15. The molecule has 0 saturated carbocycles. The second kappa shape index (κ2) is 4.38. The Kier molecular flexibility index (Phi) is 2.51. The molecule has 0 aliphatic rings. The van der Waals surface area contributed by atoms with Crippen molar-refractivity contribution < 1.29 is 5.11 Å². The quantitative estimate of drug-likeness (QED) is 0.503. The number of hydrogen-bond donors (Lipinski definition) is 2.